The van der Waals surface area contributed by atoms with E-state index in [1.165, 1.54) is 11.3 Å². The van der Waals surface area contributed by atoms with Crippen LogP contribution in [0.1, 0.15) is 29.0 Å². The molecule has 1 aliphatic rings. The first-order chi connectivity index (χ1) is 15.1. The van der Waals surface area contributed by atoms with Crippen LogP contribution in [0.15, 0.2) is 77.7 Å². The van der Waals surface area contributed by atoms with Gasteiger partial charge in [0, 0.05) is 17.0 Å². The number of rotatable bonds is 7. The molecular formula is C25H23NO4S. The zero-order valence-corrected chi connectivity index (χ0v) is 18.0. The second-order valence-corrected chi connectivity index (χ2v) is 8.18. The van der Waals surface area contributed by atoms with Gasteiger partial charge in [-0.05, 0) is 42.5 Å². The Morgan fingerprint density at radius 2 is 1.87 bits per heavy atom. The van der Waals surface area contributed by atoms with Crippen molar-refractivity contribution in [1.29, 1.82) is 0 Å². The van der Waals surface area contributed by atoms with Crippen LogP contribution in [0, 0.1) is 0 Å². The minimum Gasteiger partial charge on any atom is -0.507 e. The van der Waals surface area contributed by atoms with Gasteiger partial charge in [-0.25, -0.2) is 0 Å². The van der Waals surface area contributed by atoms with E-state index in [2.05, 4.69) is 0 Å². The molecule has 1 saturated heterocycles. The molecule has 2 heterocycles. The molecule has 1 atom stereocenters. The highest BCUT2D eigenvalue weighted by atomic mass is 32.1. The molecule has 1 unspecified atom stereocenters. The second kappa shape index (κ2) is 9.18. The monoisotopic (exact) mass is 433 g/mol. The zero-order valence-electron chi connectivity index (χ0n) is 17.2. The normalized spacial score (nSPS) is 17.8. The van der Waals surface area contributed by atoms with E-state index >= 15 is 0 Å². The molecule has 2 aromatic carbocycles. The number of benzene rings is 2. The summed E-state index contributed by atoms with van der Waals surface area (Å²) in [4.78, 5) is 28.4. The summed E-state index contributed by atoms with van der Waals surface area (Å²) < 4.78 is 5.52. The van der Waals surface area contributed by atoms with Crippen LogP contribution in [0.25, 0.3) is 5.76 Å². The Bertz CT molecular complexity index is 1110. The number of hydrogen-bond donors (Lipinski definition) is 1. The minimum atomic E-state index is -0.661. The number of aliphatic hydroxyl groups excluding tert-OH is 1. The predicted molar refractivity (Wildman–Crippen MR) is 121 cm³/mol. The molecule has 1 fully saturated rings. The number of carbonyl (C=O) groups is 2. The van der Waals surface area contributed by atoms with Gasteiger partial charge >= 0.3 is 0 Å². The third-order valence-corrected chi connectivity index (χ3v) is 6.18. The Morgan fingerprint density at radius 3 is 2.58 bits per heavy atom. The molecule has 1 aromatic heterocycles. The molecule has 158 valence electrons. The molecular weight excluding hydrogens is 410 g/mol. The fourth-order valence-corrected chi connectivity index (χ4v) is 4.65. The number of nitrogens with zero attached hydrogens (tertiary/aromatic N) is 1. The van der Waals surface area contributed by atoms with Crippen molar-refractivity contribution in [2.45, 2.75) is 19.4 Å². The number of ether oxygens (including phenoxy) is 1. The highest BCUT2D eigenvalue weighted by Gasteiger charge is 2.46. The molecule has 6 heteroatoms. The fourth-order valence-electron chi connectivity index (χ4n) is 3.80. The Morgan fingerprint density at radius 1 is 1.06 bits per heavy atom. The Balaban J connectivity index is 1.74. The van der Waals surface area contributed by atoms with E-state index in [1.54, 1.807) is 29.2 Å². The van der Waals surface area contributed by atoms with Crippen LogP contribution >= 0.6 is 11.3 Å². The van der Waals surface area contributed by atoms with Crippen molar-refractivity contribution in [2.24, 2.45) is 0 Å². The highest BCUT2D eigenvalue weighted by molar-refractivity contribution is 7.10. The molecule has 1 N–H and O–H groups in total. The Kier molecular flexibility index (Phi) is 6.18. The number of ketones is 1. The van der Waals surface area contributed by atoms with Crippen molar-refractivity contribution < 1.29 is 19.4 Å². The SMILES string of the molecule is CCOc1cccc(/C(O)=C2\C(=O)C(=O)N(CCc3ccccc3)C2c2cccs2)c1. The van der Waals surface area contributed by atoms with Crippen LogP contribution in [0.3, 0.4) is 0 Å². The van der Waals surface area contributed by atoms with Crippen molar-refractivity contribution in [3.05, 3.63) is 93.7 Å². The van der Waals surface area contributed by atoms with Gasteiger partial charge < -0.3 is 14.7 Å². The minimum absolute atomic E-state index is 0.120. The molecule has 31 heavy (non-hydrogen) atoms. The van der Waals surface area contributed by atoms with Gasteiger partial charge in [0.25, 0.3) is 11.7 Å². The topological polar surface area (TPSA) is 66.8 Å². The van der Waals surface area contributed by atoms with E-state index < -0.39 is 17.7 Å². The first-order valence-corrected chi connectivity index (χ1v) is 11.1. The molecule has 1 aliphatic heterocycles. The lowest BCUT2D eigenvalue weighted by Crippen LogP contribution is -2.31. The maximum atomic E-state index is 13.0. The van der Waals surface area contributed by atoms with E-state index in [1.807, 2.05) is 54.8 Å². The van der Waals surface area contributed by atoms with Gasteiger partial charge in [0.1, 0.15) is 11.5 Å². The Hall–Kier alpha value is -3.38. The smallest absolute Gasteiger partial charge is 0.295 e. The number of hydrogen-bond acceptors (Lipinski definition) is 5. The van der Waals surface area contributed by atoms with Crippen LogP contribution < -0.4 is 4.74 Å². The van der Waals surface area contributed by atoms with Crippen LogP contribution in [0.5, 0.6) is 5.75 Å². The van der Waals surface area contributed by atoms with Crippen LogP contribution in [-0.2, 0) is 16.0 Å². The molecule has 0 aliphatic carbocycles. The lowest BCUT2D eigenvalue weighted by molar-refractivity contribution is -0.139. The van der Waals surface area contributed by atoms with E-state index in [0.717, 1.165) is 10.4 Å². The summed E-state index contributed by atoms with van der Waals surface area (Å²) >= 11 is 1.46. The molecule has 3 aromatic rings. The fraction of sp³-hybridized carbons (Fsp3) is 0.200. The summed E-state index contributed by atoms with van der Waals surface area (Å²) in [6.45, 7) is 2.75. The van der Waals surface area contributed by atoms with Crippen LogP contribution in [0.2, 0.25) is 0 Å². The van der Waals surface area contributed by atoms with Crippen LogP contribution in [0.4, 0.5) is 0 Å². The van der Waals surface area contributed by atoms with Gasteiger partial charge in [-0.2, -0.15) is 0 Å². The molecule has 0 saturated carbocycles. The Labute approximate surface area is 185 Å². The van der Waals surface area contributed by atoms with Gasteiger partial charge in [-0.3, -0.25) is 9.59 Å². The predicted octanol–water partition coefficient (Wildman–Crippen LogP) is 4.81. The first kappa shape index (κ1) is 20.9. The summed E-state index contributed by atoms with van der Waals surface area (Å²) in [7, 11) is 0. The number of carbonyl (C=O) groups excluding carboxylic acids is 2. The second-order valence-electron chi connectivity index (χ2n) is 7.20. The number of Topliss-reactive ketones (excluding diaryl/α,β-unsaturated/α-hetero) is 1. The molecule has 0 radical (unpaired) electrons. The largest absolute Gasteiger partial charge is 0.507 e. The average molecular weight is 434 g/mol. The van der Waals surface area contributed by atoms with Crippen molar-refractivity contribution in [1.82, 2.24) is 4.90 Å². The maximum absolute atomic E-state index is 13.0. The lowest BCUT2D eigenvalue weighted by atomic mass is 9.99. The summed E-state index contributed by atoms with van der Waals surface area (Å²) in [5.74, 6) is -0.833. The summed E-state index contributed by atoms with van der Waals surface area (Å²) in [5.41, 5.74) is 1.65. The number of thiophene rings is 1. The van der Waals surface area contributed by atoms with Gasteiger partial charge in [0.05, 0.1) is 18.2 Å². The van der Waals surface area contributed by atoms with E-state index in [-0.39, 0.29) is 11.3 Å². The number of likely N-dealkylation sites (tertiary alicyclic amines) is 1. The average Bonchev–Trinajstić information content (AvgIpc) is 3.40. The first-order valence-electron chi connectivity index (χ1n) is 10.2. The standard InChI is InChI=1S/C25H23NO4S/c1-2-30-19-11-6-10-18(16-19)23(27)21-22(20-12-7-15-31-20)26(25(29)24(21)28)14-13-17-8-4-3-5-9-17/h3-12,15-16,22,27H,2,13-14H2,1H3/b23-21+. The molecule has 0 bridgehead atoms. The van der Waals surface area contributed by atoms with Crippen molar-refractivity contribution >= 4 is 28.8 Å². The molecule has 5 nitrogen and oxygen atoms in total. The van der Waals surface area contributed by atoms with Gasteiger partial charge in [-0.1, -0.05) is 48.5 Å². The lowest BCUT2D eigenvalue weighted by Gasteiger charge is -2.24. The summed E-state index contributed by atoms with van der Waals surface area (Å²) in [6, 6.07) is 19.9. The zero-order chi connectivity index (χ0) is 21.8. The van der Waals surface area contributed by atoms with E-state index in [0.29, 0.717) is 30.9 Å². The van der Waals surface area contributed by atoms with Gasteiger partial charge in [-0.15, -0.1) is 11.3 Å². The maximum Gasteiger partial charge on any atom is 0.295 e. The molecule has 0 spiro atoms. The van der Waals surface area contributed by atoms with E-state index in [9.17, 15) is 14.7 Å². The molecule has 1 amide bonds. The van der Waals surface area contributed by atoms with E-state index in [4.69, 9.17) is 4.74 Å². The highest BCUT2D eigenvalue weighted by Crippen LogP contribution is 2.41. The van der Waals surface area contributed by atoms with Crippen molar-refractivity contribution in [3.63, 3.8) is 0 Å². The number of amides is 1. The number of aliphatic hydroxyl groups is 1. The summed E-state index contributed by atoms with van der Waals surface area (Å²) in [5, 5.41) is 13.0. The van der Waals surface area contributed by atoms with Gasteiger partial charge in [0.15, 0.2) is 0 Å². The van der Waals surface area contributed by atoms with Crippen molar-refractivity contribution in [3.8, 4) is 5.75 Å². The van der Waals surface area contributed by atoms with Crippen molar-refractivity contribution in [2.75, 3.05) is 13.2 Å². The third kappa shape index (κ3) is 4.25. The van der Waals surface area contributed by atoms with Gasteiger partial charge in [0.2, 0.25) is 0 Å². The summed E-state index contributed by atoms with van der Waals surface area (Å²) in [6.07, 6.45) is 0.621. The molecule has 4 rings (SSSR count). The van der Waals surface area contributed by atoms with Crippen LogP contribution in [-0.4, -0.2) is 34.8 Å². The quantitative estimate of drug-likeness (QED) is 0.330. The third-order valence-electron chi connectivity index (χ3n) is 5.26.